The van der Waals surface area contributed by atoms with Gasteiger partial charge in [-0.1, -0.05) is 12.1 Å². The van der Waals surface area contributed by atoms with Gasteiger partial charge in [0.15, 0.2) is 6.04 Å². The summed E-state index contributed by atoms with van der Waals surface area (Å²) < 4.78 is 4.73. The second-order valence-electron chi connectivity index (χ2n) is 3.48. The van der Waals surface area contributed by atoms with Crippen LogP contribution in [0.1, 0.15) is 6.92 Å². The van der Waals surface area contributed by atoms with Crippen LogP contribution in [-0.4, -0.2) is 35.2 Å². The summed E-state index contributed by atoms with van der Waals surface area (Å²) in [6.07, 6.45) is 0. The highest BCUT2D eigenvalue weighted by molar-refractivity contribution is 5.80. The molecule has 0 bridgehead atoms. The number of ether oxygens (including phenoxy) is 1. The van der Waals surface area contributed by atoms with E-state index in [1.807, 2.05) is 0 Å². The Morgan fingerprint density at radius 3 is 2.78 bits per heavy atom. The number of hydrogen-bond donors (Lipinski definition) is 2. The van der Waals surface area contributed by atoms with Crippen molar-refractivity contribution in [3.63, 3.8) is 0 Å². The minimum atomic E-state index is -1.13. The van der Waals surface area contributed by atoms with Crippen LogP contribution in [0.4, 0.5) is 5.69 Å². The smallest absolute Gasteiger partial charge is 0.335 e. The molecule has 2 N–H and O–H groups in total. The van der Waals surface area contributed by atoms with Crippen molar-refractivity contribution < 1.29 is 19.6 Å². The second kappa shape index (κ2) is 6.43. The molecule has 0 radical (unpaired) electrons. The van der Waals surface area contributed by atoms with Crippen LogP contribution in [0.3, 0.4) is 0 Å². The highest BCUT2D eigenvalue weighted by atomic mass is 16.6. The van der Waals surface area contributed by atoms with Gasteiger partial charge in [-0.05, 0) is 19.1 Å². The van der Waals surface area contributed by atoms with Gasteiger partial charge in [-0.25, -0.2) is 4.79 Å². The van der Waals surface area contributed by atoms with Gasteiger partial charge in [0.1, 0.15) is 5.75 Å². The summed E-state index contributed by atoms with van der Waals surface area (Å²) >= 11 is 0. The Morgan fingerprint density at radius 2 is 2.22 bits per heavy atom. The third-order valence-electron chi connectivity index (χ3n) is 2.14. The Bertz CT molecular complexity index is 435. The molecule has 1 aromatic carbocycles. The third kappa shape index (κ3) is 3.93. The lowest BCUT2D eigenvalue weighted by atomic mass is 10.2. The van der Waals surface area contributed by atoms with Gasteiger partial charge in [-0.15, -0.1) is 0 Å². The molecule has 98 valence electrons. The van der Waals surface area contributed by atoms with Gasteiger partial charge in [0.05, 0.1) is 12.3 Å². The van der Waals surface area contributed by atoms with Crippen LogP contribution < -0.4 is 5.32 Å². The monoisotopic (exact) mass is 254 g/mol. The highest BCUT2D eigenvalue weighted by Gasteiger charge is 2.26. The Balaban J connectivity index is 2.81. The maximum absolute atomic E-state index is 11.5. The summed E-state index contributed by atoms with van der Waals surface area (Å²) in [6.45, 7) is 1.13. The topological polar surface area (TPSA) is 102 Å². The van der Waals surface area contributed by atoms with Gasteiger partial charge < -0.3 is 15.2 Å². The third-order valence-corrected chi connectivity index (χ3v) is 2.14. The fraction of sp³-hybridized carbons (Fsp3) is 0.364. The van der Waals surface area contributed by atoms with E-state index in [1.165, 1.54) is 12.1 Å². The minimum Gasteiger partial charge on any atom is -0.506 e. The zero-order valence-corrected chi connectivity index (χ0v) is 9.83. The Labute approximate surface area is 104 Å². The highest BCUT2D eigenvalue weighted by Crippen LogP contribution is 2.22. The Morgan fingerprint density at radius 1 is 1.56 bits per heavy atom. The number of phenols is 1. The summed E-state index contributed by atoms with van der Waals surface area (Å²) in [7, 11) is 0. The van der Waals surface area contributed by atoms with Crippen LogP contribution in [0.15, 0.2) is 24.3 Å². The SMILES string of the molecule is CCOC(=O)C(C[N+](=O)[O-])Nc1ccccc1O. The van der Waals surface area contributed by atoms with Crippen LogP contribution in [0.5, 0.6) is 5.75 Å². The lowest BCUT2D eigenvalue weighted by molar-refractivity contribution is -0.480. The number of nitro groups is 1. The number of nitrogens with zero attached hydrogens (tertiary/aromatic N) is 1. The second-order valence-corrected chi connectivity index (χ2v) is 3.48. The average molecular weight is 254 g/mol. The van der Waals surface area contributed by atoms with Crippen molar-refractivity contribution in [2.45, 2.75) is 13.0 Å². The molecule has 1 aromatic rings. The quantitative estimate of drug-likeness (QED) is 0.340. The van der Waals surface area contributed by atoms with Crippen molar-refractivity contribution in [1.82, 2.24) is 0 Å². The van der Waals surface area contributed by atoms with Crippen molar-refractivity contribution in [1.29, 1.82) is 0 Å². The standard InChI is InChI=1S/C11H14N2O5/c1-2-18-11(15)9(7-13(16)17)12-8-5-3-4-6-10(8)14/h3-6,9,12,14H,2,7H2,1H3. The molecule has 0 heterocycles. The molecule has 1 unspecified atom stereocenters. The molecule has 18 heavy (non-hydrogen) atoms. The van der Waals surface area contributed by atoms with Crippen LogP contribution >= 0.6 is 0 Å². The summed E-state index contributed by atoms with van der Waals surface area (Å²) in [5.41, 5.74) is 0.248. The van der Waals surface area contributed by atoms with Crippen molar-refractivity contribution in [2.75, 3.05) is 18.5 Å². The van der Waals surface area contributed by atoms with Crippen molar-refractivity contribution in [2.24, 2.45) is 0 Å². The molecule has 7 heteroatoms. The van der Waals surface area contributed by atoms with E-state index in [-0.39, 0.29) is 18.0 Å². The van der Waals surface area contributed by atoms with Crippen molar-refractivity contribution in [3.05, 3.63) is 34.4 Å². The maximum atomic E-state index is 11.5. The number of phenolic OH excluding ortho intramolecular Hbond substituents is 1. The van der Waals surface area contributed by atoms with E-state index in [0.29, 0.717) is 0 Å². The number of esters is 1. The number of carbonyl (C=O) groups excluding carboxylic acids is 1. The normalized spacial score (nSPS) is 11.6. The lowest BCUT2D eigenvalue weighted by Gasteiger charge is -2.15. The van der Waals surface area contributed by atoms with Crippen molar-refractivity contribution in [3.8, 4) is 5.75 Å². The molecule has 0 saturated carbocycles. The van der Waals surface area contributed by atoms with Gasteiger partial charge in [-0.3, -0.25) is 10.1 Å². The van der Waals surface area contributed by atoms with E-state index >= 15 is 0 Å². The van der Waals surface area contributed by atoms with Crippen molar-refractivity contribution >= 4 is 11.7 Å². The van der Waals surface area contributed by atoms with Crippen LogP contribution in [-0.2, 0) is 9.53 Å². The molecule has 0 fully saturated rings. The van der Waals surface area contributed by atoms with Gasteiger partial charge >= 0.3 is 5.97 Å². The van der Waals surface area contributed by atoms with Crippen LogP contribution in [0.2, 0.25) is 0 Å². The van der Waals surface area contributed by atoms with E-state index in [2.05, 4.69) is 5.32 Å². The van der Waals surface area contributed by atoms with E-state index in [4.69, 9.17) is 4.74 Å². The number of para-hydroxylation sites is 2. The van der Waals surface area contributed by atoms with Gasteiger partial charge in [-0.2, -0.15) is 0 Å². The summed E-state index contributed by atoms with van der Waals surface area (Å²) in [5, 5.41) is 22.6. The van der Waals surface area contributed by atoms with Crippen LogP contribution in [0.25, 0.3) is 0 Å². The molecular weight excluding hydrogens is 240 g/mol. The number of anilines is 1. The largest absolute Gasteiger partial charge is 0.506 e. The zero-order valence-electron chi connectivity index (χ0n) is 9.83. The summed E-state index contributed by atoms with van der Waals surface area (Å²) in [6, 6.07) is 5.04. The lowest BCUT2D eigenvalue weighted by Crippen LogP contribution is -2.37. The van der Waals surface area contributed by atoms with E-state index in [9.17, 15) is 20.0 Å². The molecule has 0 aliphatic heterocycles. The predicted molar refractivity (Wildman–Crippen MR) is 64.0 cm³/mol. The molecule has 1 atom stereocenters. The van der Waals surface area contributed by atoms with Gasteiger partial charge in [0.2, 0.25) is 6.54 Å². The van der Waals surface area contributed by atoms with Gasteiger partial charge in [0, 0.05) is 4.92 Å². The van der Waals surface area contributed by atoms with Crippen LogP contribution in [0, 0.1) is 10.1 Å². The fourth-order valence-corrected chi connectivity index (χ4v) is 1.35. The molecule has 0 aromatic heterocycles. The minimum absolute atomic E-state index is 0.0878. The molecule has 0 spiro atoms. The van der Waals surface area contributed by atoms with Gasteiger partial charge in [0.25, 0.3) is 0 Å². The Kier molecular flexibility index (Phi) is 4.91. The molecule has 1 rings (SSSR count). The zero-order chi connectivity index (χ0) is 13.5. The molecule has 0 aliphatic carbocycles. The Hall–Kier alpha value is -2.31. The number of carbonyl (C=O) groups is 1. The fourth-order valence-electron chi connectivity index (χ4n) is 1.35. The maximum Gasteiger partial charge on any atom is 0.335 e. The molecule has 0 saturated heterocycles. The number of rotatable bonds is 6. The average Bonchev–Trinajstić information content (AvgIpc) is 2.31. The first-order valence-corrected chi connectivity index (χ1v) is 5.37. The first kappa shape index (κ1) is 13.8. The summed E-state index contributed by atoms with van der Waals surface area (Å²) in [5.74, 6) is -0.812. The number of nitrogens with one attached hydrogen (secondary N) is 1. The first-order chi connectivity index (χ1) is 8.54. The molecule has 0 amide bonds. The number of benzene rings is 1. The molecule has 0 aliphatic rings. The first-order valence-electron chi connectivity index (χ1n) is 5.37. The number of hydrogen-bond acceptors (Lipinski definition) is 6. The molecule has 7 nitrogen and oxygen atoms in total. The van der Waals surface area contributed by atoms with E-state index < -0.39 is 23.5 Å². The number of aromatic hydroxyl groups is 1. The predicted octanol–water partition coefficient (Wildman–Crippen LogP) is 1.01. The molecular formula is C11H14N2O5. The van der Waals surface area contributed by atoms with E-state index in [0.717, 1.165) is 0 Å². The summed E-state index contributed by atoms with van der Waals surface area (Å²) in [4.78, 5) is 21.4. The van der Waals surface area contributed by atoms with E-state index in [1.54, 1.807) is 19.1 Å².